The number of nitrogens with two attached hydrogens (primary N) is 1. The van der Waals surface area contributed by atoms with Crippen molar-refractivity contribution < 1.29 is 0 Å². The minimum Gasteiger partial charge on any atom is -0.399 e. The van der Waals surface area contributed by atoms with Gasteiger partial charge in [0, 0.05) is 17.8 Å². The van der Waals surface area contributed by atoms with Crippen LogP contribution in [0, 0.1) is 5.92 Å². The highest BCUT2D eigenvalue weighted by molar-refractivity contribution is 5.47. The molecule has 0 saturated carbocycles. The van der Waals surface area contributed by atoms with Gasteiger partial charge in [0.1, 0.15) is 0 Å². The van der Waals surface area contributed by atoms with Crippen LogP contribution in [0.5, 0.6) is 0 Å². The van der Waals surface area contributed by atoms with E-state index in [1.54, 1.807) is 0 Å². The van der Waals surface area contributed by atoms with Crippen molar-refractivity contribution in [3.8, 4) is 0 Å². The molecule has 0 spiro atoms. The van der Waals surface area contributed by atoms with Gasteiger partial charge in [0.15, 0.2) is 0 Å². The van der Waals surface area contributed by atoms with Gasteiger partial charge >= 0.3 is 0 Å². The molecule has 1 aromatic rings. The molecule has 2 rings (SSSR count). The molecule has 2 heteroatoms. The van der Waals surface area contributed by atoms with Gasteiger partial charge in [0.25, 0.3) is 0 Å². The third kappa shape index (κ3) is 2.63. The first-order valence-electron chi connectivity index (χ1n) is 6.76. The van der Waals surface area contributed by atoms with Crippen LogP contribution in [0.2, 0.25) is 0 Å². The molecule has 94 valence electrons. The van der Waals surface area contributed by atoms with Crippen LogP contribution in [-0.2, 0) is 6.42 Å². The summed E-state index contributed by atoms with van der Waals surface area (Å²) < 4.78 is 0. The van der Waals surface area contributed by atoms with E-state index < -0.39 is 0 Å². The van der Waals surface area contributed by atoms with E-state index >= 15 is 0 Å². The highest BCUT2D eigenvalue weighted by atomic mass is 15.0. The number of nitrogens with one attached hydrogen (secondary N) is 1. The van der Waals surface area contributed by atoms with Crippen LogP contribution in [0.15, 0.2) is 18.2 Å². The molecule has 17 heavy (non-hydrogen) atoms. The molecule has 2 unspecified atom stereocenters. The van der Waals surface area contributed by atoms with E-state index in [1.165, 1.54) is 24.0 Å². The number of anilines is 1. The van der Waals surface area contributed by atoms with E-state index in [2.05, 4.69) is 38.2 Å². The first-order valence-corrected chi connectivity index (χ1v) is 6.76. The van der Waals surface area contributed by atoms with E-state index in [9.17, 15) is 0 Å². The molecule has 1 aliphatic carbocycles. The Hall–Kier alpha value is -1.02. The van der Waals surface area contributed by atoms with Crippen molar-refractivity contribution in [1.82, 2.24) is 5.32 Å². The fourth-order valence-corrected chi connectivity index (χ4v) is 2.85. The number of nitrogen functional groups attached to an aromatic ring is 1. The topological polar surface area (TPSA) is 38.0 Å². The van der Waals surface area contributed by atoms with Gasteiger partial charge in [-0.3, -0.25) is 0 Å². The van der Waals surface area contributed by atoms with Gasteiger partial charge < -0.3 is 11.1 Å². The number of hydrogen-bond donors (Lipinski definition) is 2. The van der Waals surface area contributed by atoms with Gasteiger partial charge in [-0.15, -0.1) is 0 Å². The molecule has 0 aromatic heterocycles. The van der Waals surface area contributed by atoms with Crippen molar-refractivity contribution in [1.29, 1.82) is 0 Å². The van der Waals surface area contributed by atoms with Crippen molar-refractivity contribution in [3.05, 3.63) is 29.3 Å². The maximum Gasteiger partial charge on any atom is 0.0328 e. The Morgan fingerprint density at radius 2 is 2.18 bits per heavy atom. The van der Waals surface area contributed by atoms with Gasteiger partial charge in [0.05, 0.1) is 0 Å². The monoisotopic (exact) mass is 232 g/mol. The van der Waals surface area contributed by atoms with Gasteiger partial charge in [-0.2, -0.15) is 0 Å². The molecule has 0 heterocycles. The lowest BCUT2D eigenvalue weighted by Gasteiger charge is -2.25. The van der Waals surface area contributed by atoms with Crippen molar-refractivity contribution in [2.75, 3.05) is 5.73 Å². The Kier molecular flexibility index (Phi) is 3.72. The van der Waals surface area contributed by atoms with Gasteiger partial charge in [-0.05, 0) is 48.4 Å². The maximum absolute atomic E-state index is 5.83. The third-order valence-corrected chi connectivity index (χ3v) is 3.90. The Labute approximate surface area is 105 Å². The van der Waals surface area contributed by atoms with Crippen LogP contribution in [-0.4, -0.2) is 6.04 Å². The number of aryl methyl sites for hydroxylation is 1. The van der Waals surface area contributed by atoms with Gasteiger partial charge in [-0.1, -0.05) is 26.8 Å². The highest BCUT2D eigenvalue weighted by Gasteiger charge is 2.25. The normalized spacial score (nSPS) is 20.6. The fraction of sp³-hybridized carbons (Fsp3) is 0.600. The zero-order chi connectivity index (χ0) is 12.4. The molecule has 0 amide bonds. The Morgan fingerprint density at radius 1 is 1.41 bits per heavy atom. The molecule has 1 aliphatic rings. The van der Waals surface area contributed by atoms with E-state index in [1.807, 2.05) is 6.07 Å². The second-order valence-electron chi connectivity index (χ2n) is 5.47. The number of hydrogen-bond acceptors (Lipinski definition) is 2. The van der Waals surface area contributed by atoms with Crippen molar-refractivity contribution in [2.45, 2.75) is 52.1 Å². The standard InChI is InChI=1S/C15H24N2/c1-4-14(10(2)3)17-15-8-5-11-9-12(16)6-7-13(11)15/h6-7,9-10,14-15,17H,4-5,8,16H2,1-3H3. The first-order chi connectivity index (χ1) is 8.11. The average Bonchev–Trinajstić information content (AvgIpc) is 2.67. The third-order valence-electron chi connectivity index (χ3n) is 3.90. The van der Waals surface area contributed by atoms with E-state index in [0.717, 1.165) is 12.1 Å². The van der Waals surface area contributed by atoms with Crippen LogP contribution >= 0.6 is 0 Å². The summed E-state index contributed by atoms with van der Waals surface area (Å²) in [6.07, 6.45) is 3.56. The molecule has 2 nitrogen and oxygen atoms in total. The van der Waals surface area contributed by atoms with E-state index in [4.69, 9.17) is 5.73 Å². The van der Waals surface area contributed by atoms with Gasteiger partial charge in [-0.25, -0.2) is 0 Å². The molecule has 3 N–H and O–H groups in total. The first kappa shape index (κ1) is 12.4. The molecular formula is C15H24N2. The number of benzene rings is 1. The second-order valence-corrected chi connectivity index (χ2v) is 5.47. The lowest BCUT2D eigenvalue weighted by Crippen LogP contribution is -2.35. The average molecular weight is 232 g/mol. The van der Waals surface area contributed by atoms with E-state index in [0.29, 0.717) is 18.0 Å². The van der Waals surface area contributed by atoms with Crippen LogP contribution in [0.25, 0.3) is 0 Å². The van der Waals surface area contributed by atoms with Crippen molar-refractivity contribution >= 4 is 5.69 Å². The number of fused-ring (bicyclic) bond motifs is 1. The SMILES string of the molecule is CCC(NC1CCc2cc(N)ccc21)C(C)C. The molecule has 0 radical (unpaired) electrons. The van der Waals surface area contributed by atoms with E-state index in [-0.39, 0.29) is 0 Å². The van der Waals surface area contributed by atoms with Crippen molar-refractivity contribution in [2.24, 2.45) is 5.92 Å². The zero-order valence-corrected chi connectivity index (χ0v) is 11.2. The molecule has 0 bridgehead atoms. The minimum absolute atomic E-state index is 0.526. The van der Waals surface area contributed by atoms with Crippen LogP contribution in [0.4, 0.5) is 5.69 Å². The van der Waals surface area contributed by atoms with Crippen LogP contribution in [0.3, 0.4) is 0 Å². The zero-order valence-electron chi connectivity index (χ0n) is 11.2. The smallest absolute Gasteiger partial charge is 0.0328 e. The largest absolute Gasteiger partial charge is 0.399 e. The summed E-state index contributed by atoms with van der Waals surface area (Å²) in [6.45, 7) is 6.84. The van der Waals surface area contributed by atoms with Gasteiger partial charge in [0.2, 0.25) is 0 Å². The maximum atomic E-state index is 5.83. The van der Waals surface area contributed by atoms with Crippen LogP contribution < -0.4 is 11.1 Å². The molecule has 0 aliphatic heterocycles. The second kappa shape index (κ2) is 5.09. The number of rotatable bonds is 4. The predicted molar refractivity (Wildman–Crippen MR) is 74.0 cm³/mol. The highest BCUT2D eigenvalue weighted by Crippen LogP contribution is 2.33. The quantitative estimate of drug-likeness (QED) is 0.782. The molecule has 0 fully saturated rings. The lowest BCUT2D eigenvalue weighted by atomic mass is 9.99. The summed E-state index contributed by atoms with van der Waals surface area (Å²) >= 11 is 0. The molecule has 1 aromatic carbocycles. The summed E-state index contributed by atoms with van der Waals surface area (Å²) in [6, 6.07) is 7.49. The molecule has 2 atom stereocenters. The minimum atomic E-state index is 0.526. The Balaban J connectivity index is 2.11. The van der Waals surface area contributed by atoms with Crippen LogP contribution in [0.1, 0.15) is 50.8 Å². The molecular weight excluding hydrogens is 208 g/mol. The summed E-state index contributed by atoms with van der Waals surface area (Å²) in [7, 11) is 0. The summed E-state index contributed by atoms with van der Waals surface area (Å²) in [5, 5.41) is 3.80. The Bertz CT molecular complexity index is 385. The summed E-state index contributed by atoms with van der Waals surface area (Å²) in [5.41, 5.74) is 9.61. The lowest BCUT2D eigenvalue weighted by molar-refractivity contribution is 0.344. The predicted octanol–water partition coefficient (Wildman–Crippen LogP) is 3.28. The molecule has 0 saturated heterocycles. The Morgan fingerprint density at radius 3 is 2.82 bits per heavy atom. The summed E-state index contributed by atoms with van der Waals surface area (Å²) in [4.78, 5) is 0. The van der Waals surface area contributed by atoms with Crippen molar-refractivity contribution in [3.63, 3.8) is 0 Å². The fourth-order valence-electron chi connectivity index (χ4n) is 2.85. The summed E-state index contributed by atoms with van der Waals surface area (Å²) in [5.74, 6) is 0.692.